The molecule has 0 aliphatic rings. The molecule has 0 unspecified atom stereocenters. The maximum absolute atomic E-state index is 6.16. The third kappa shape index (κ3) is 2.06. The Balaban J connectivity index is 2.72. The molecule has 0 spiro atoms. The molecule has 0 atom stereocenters. The summed E-state index contributed by atoms with van der Waals surface area (Å²) in [4.78, 5) is 4.50. The van der Waals surface area contributed by atoms with E-state index in [0.29, 0.717) is 10.0 Å². The van der Waals surface area contributed by atoms with Crippen molar-refractivity contribution in [2.45, 2.75) is 13.8 Å². The highest BCUT2D eigenvalue weighted by Crippen LogP contribution is 2.34. The van der Waals surface area contributed by atoms with Crippen LogP contribution < -0.4 is 0 Å². The fourth-order valence-electron chi connectivity index (χ4n) is 1.60. The summed E-state index contributed by atoms with van der Waals surface area (Å²) < 4.78 is 0. The zero-order valence-electron chi connectivity index (χ0n) is 9.09. The number of aryl methyl sites for hydroxylation is 2. The Hall–Kier alpha value is -1.05. The van der Waals surface area contributed by atoms with Crippen molar-refractivity contribution in [3.05, 3.63) is 51.6 Å². The van der Waals surface area contributed by atoms with Crippen molar-refractivity contribution in [1.29, 1.82) is 0 Å². The highest BCUT2D eigenvalue weighted by atomic mass is 35.5. The van der Waals surface area contributed by atoms with Gasteiger partial charge in [0.1, 0.15) is 0 Å². The van der Waals surface area contributed by atoms with Crippen LogP contribution in [0.4, 0.5) is 0 Å². The molecule has 0 aliphatic heterocycles. The quantitative estimate of drug-likeness (QED) is 0.718. The molecule has 0 radical (unpaired) electrons. The van der Waals surface area contributed by atoms with Crippen molar-refractivity contribution in [3.63, 3.8) is 0 Å². The molecule has 3 heteroatoms. The molecule has 0 aliphatic carbocycles. The Kier molecular flexibility index (Phi) is 3.17. The van der Waals surface area contributed by atoms with Gasteiger partial charge in [0, 0.05) is 11.3 Å². The van der Waals surface area contributed by atoms with Gasteiger partial charge < -0.3 is 0 Å². The summed E-state index contributed by atoms with van der Waals surface area (Å²) in [6, 6.07) is 9.48. The van der Waals surface area contributed by atoms with Crippen LogP contribution in [0.1, 0.15) is 11.3 Å². The predicted molar refractivity (Wildman–Crippen MR) is 69.2 cm³/mol. The van der Waals surface area contributed by atoms with Gasteiger partial charge in [-0.3, -0.25) is 4.98 Å². The molecular formula is C13H11Cl2N. The lowest BCUT2D eigenvalue weighted by Crippen LogP contribution is -1.92. The minimum atomic E-state index is 0.633. The second-order valence-electron chi connectivity index (χ2n) is 3.71. The van der Waals surface area contributed by atoms with Gasteiger partial charge in [-0.25, -0.2) is 0 Å². The third-order valence-corrected chi connectivity index (χ3v) is 3.07. The first-order valence-electron chi connectivity index (χ1n) is 4.98. The Labute approximate surface area is 105 Å². The van der Waals surface area contributed by atoms with Crippen molar-refractivity contribution in [2.24, 2.45) is 0 Å². The Morgan fingerprint density at radius 3 is 2.19 bits per heavy atom. The van der Waals surface area contributed by atoms with Crippen LogP contribution >= 0.6 is 23.2 Å². The van der Waals surface area contributed by atoms with E-state index in [1.54, 1.807) is 0 Å². The van der Waals surface area contributed by atoms with Gasteiger partial charge in [-0.2, -0.15) is 0 Å². The van der Waals surface area contributed by atoms with E-state index in [9.17, 15) is 0 Å². The zero-order valence-corrected chi connectivity index (χ0v) is 10.6. The van der Waals surface area contributed by atoms with Gasteiger partial charge in [0.25, 0.3) is 0 Å². The topological polar surface area (TPSA) is 12.9 Å². The van der Waals surface area contributed by atoms with Gasteiger partial charge >= 0.3 is 0 Å². The van der Waals surface area contributed by atoms with Crippen LogP contribution in [-0.4, -0.2) is 4.98 Å². The first-order valence-corrected chi connectivity index (χ1v) is 5.74. The molecule has 0 amide bonds. The summed E-state index contributed by atoms with van der Waals surface area (Å²) in [5.74, 6) is 0. The lowest BCUT2D eigenvalue weighted by atomic mass is 10.1. The van der Waals surface area contributed by atoms with Crippen molar-refractivity contribution >= 4 is 23.2 Å². The number of halogens is 2. The highest BCUT2D eigenvalue weighted by Gasteiger charge is 2.11. The summed E-state index contributed by atoms with van der Waals surface area (Å²) in [6.07, 6.45) is 0. The fraction of sp³-hybridized carbons (Fsp3) is 0.154. The van der Waals surface area contributed by atoms with Crippen molar-refractivity contribution in [3.8, 4) is 11.3 Å². The minimum absolute atomic E-state index is 0.633. The normalized spacial score (nSPS) is 10.5. The Morgan fingerprint density at radius 1 is 0.938 bits per heavy atom. The molecule has 1 heterocycles. The van der Waals surface area contributed by atoms with Gasteiger partial charge in [-0.1, -0.05) is 35.3 Å². The van der Waals surface area contributed by atoms with E-state index in [2.05, 4.69) is 4.98 Å². The van der Waals surface area contributed by atoms with E-state index in [1.807, 2.05) is 44.2 Å². The first-order chi connectivity index (χ1) is 7.59. The van der Waals surface area contributed by atoms with E-state index in [4.69, 9.17) is 23.2 Å². The van der Waals surface area contributed by atoms with E-state index < -0.39 is 0 Å². The van der Waals surface area contributed by atoms with Gasteiger partial charge in [0.2, 0.25) is 0 Å². The molecule has 2 aromatic rings. The average Bonchev–Trinajstić information content (AvgIpc) is 2.23. The summed E-state index contributed by atoms with van der Waals surface area (Å²) in [5, 5.41) is 1.27. The number of hydrogen-bond acceptors (Lipinski definition) is 1. The van der Waals surface area contributed by atoms with Gasteiger partial charge in [0.15, 0.2) is 0 Å². The van der Waals surface area contributed by atoms with E-state index >= 15 is 0 Å². The summed E-state index contributed by atoms with van der Waals surface area (Å²) >= 11 is 12.3. The predicted octanol–water partition coefficient (Wildman–Crippen LogP) is 4.67. The molecule has 0 saturated heterocycles. The molecule has 0 N–H and O–H groups in total. The number of nitrogens with zero attached hydrogens (tertiary/aromatic N) is 1. The largest absolute Gasteiger partial charge is 0.253 e. The van der Waals surface area contributed by atoms with Gasteiger partial charge in [-0.15, -0.1) is 0 Å². The van der Waals surface area contributed by atoms with Crippen LogP contribution in [0.15, 0.2) is 30.3 Å². The maximum atomic E-state index is 6.16. The average molecular weight is 252 g/mol. The van der Waals surface area contributed by atoms with Crippen molar-refractivity contribution in [1.82, 2.24) is 4.98 Å². The van der Waals surface area contributed by atoms with Crippen LogP contribution in [0, 0.1) is 13.8 Å². The van der Waals surface area contributed by atoms with Crippen LogP contribution in [0.5, 0.6) is 0 Å². The Bertz CT molecular complexity index is 515. The standard InChI is InChI=1S/C13H11Cl2N/c1-8-6-7-9(2)16-13(8)12-10(14)4-3-5-11(12)15/h3-7H,1-2H3. The summed E-state index contributed by atoms with van der Waals surface area (Å²) in [7, 11) is 0. The number of pyridine rings is 1. The zero-order chi connectivity index (χ0) is 11.7. The molecular weight excluding hydrogens is 241 g/mol. The fourth-order valence-corrected chi connectivity index (χ4v) is 2.18. The summed E-state index contributed by atoms with van der Waals surface area (Å²) in [5.41, 5.74) is 3.69. The minimum Gasteiger partial charge on any atom is -0.253 e. The molecule has 0 bridgehead atoms. The molecule has 1 nitrogen and oxygen atoms in total. The molecule has 1 aromatic heterocycles. The van der Waals surface area contributed by atoms with Gasteiger partial charge in [-0.05, 0) is 37.6 Å². The third-order valence-electron chi connectivity index (χ3n) is 2.44. The van der Waals surface area contributed by atoms with Crippen LogP contribution in [0.25, 0.3) is 11.3 Å². The lowest BCUT2D eigenvalue weighted by molar-refractivity contribution is 1.18. The van der Waals surface area contributed by atoms with Crippen LogP contribution in [0.2, 0.25) is 10.0 Å². The second kappa shape index (κ2) is 4.44. The van der Waals surface area contributed by atoms with E-state index in [0.717, 1.165) is 22.5 Å². The summed E-state index contributed by atoms with van der Waals surface area (Å²) in [6.45, 7) is 3.95. The maximum Gasteiger partial charge on any atom is 0.0764 e. The number of hydrogen-bond donors (Lipinski definition) is 0. The lowest BCUT2D eigenvalue weighted by Gasteiger charge is -2.09. The Morgan fingerprint density at radius 2 is 1.56 bits per heavy atom. The molecule has 0 saturated carbocycles. The van der Waals surface area contributed by atoms with Crippen molar-refractivity contribution in [2.75, 3.05) is 0 Å². The molecule has 16 heavy (non-hydrogen) atoms. The molecule has 82 valence electrons. The first kappa shape index (κ1) is 11.4. The smallest absolute Gasteiger partial charge is 0.0764 e. The number of benzene rings is 1. The van der Waals surface area contributed by atoms with Crippen LogP contribution in [-0.2, 0) is 0 Å². The highest BCUT2D eigenvalue weighted by molar-refractivity contribution is 6.39. The van der Waals surface area contributed by atoms with E-state index in [-0.39, 0.29) is 0 Å². The molecule has 0 fully saturated rings. The molecule has 1 aromatic carbocycles. The van der Waals surface area contributed by atoms with Crippen molar-refractivity contribution < 1.29 is 0 Å². The SMILES string of the molecule is Cc1ccc(C)c(-c2c(Cl)cccc2Cl)n1. The number of rotatable bonds is 1. The molecule has 2 rings (SSSR count). The van der Waals surface area contributed by atoms with Crippen LogP contribution in [0.3, 0.4) is 0 Å². The van der Waals surface area contributed by atoms with Gasteiger partial charge in [0.05, 0.1) is 15.7 Å². The second-order valence-corrected chi connectivity index (χ2v) is 4.53. The number of aromatic nitrogens is 1. The monoisotopic (exact) mass is 251 g/mol. The van der Waals surface area contributed by atoms with E-state index in [1.165, 1.54) is 0 Å².